The molecule has 1 aliphatic heterocycles. The first-order chi connectivity index (χ1) is 16.0. The van der Waals surface area contributed by atoms with E-state index in [9.17, 15) is 9.90 Å². The molecule has 2 aromatic rings. The zero-order chi connectivity index (χ0) is 23.3. The SMILES string of the molecule is CSc1cccc(CN=C(N)N2CCN(C(=O)C(O)(c3ccccc3)C3CCCC3)CC2)c1. The topological polar surface area (TPSA) is 82.2 Å². The summed E-state index contributed by atoms with van der Waals surface area (Å²) in [7, 11) is 0. The summed E-state index contributed by atoms with van der Waals surface area (Å²) in [6, 6.07) is 17.8. The van der Waals surface area contributed by atoms with Crippen LogP contribution in [0.5, 0.6) is 0 Å². The zero-order valence-corrected chi connectivity index (χ0v) is 20.1. The van der Waals surface area contributed by atoms with E-state index in [4.69, 9.17) is 5.73 Å². The molecule has 1 saturated carbocycles. The lowest BCUT2D eigenvalue weighted by Gasteiger charge is -2.41. The molecule has 0 bridgehead atoms. The van der Waals surface area contributed by atoms with Crippen molar-refractivity contribution in [2.45, 2.75) is 42.7 Å². The van der Waals surface area contributed by atoms with Crippen molar-refractivity contribution in [1.82, 2.24) is 9.80 Å². The number of hydrogen-bond donors (Lipinski definition) is 2. The van der Waals surface area contributed by atoms with Gasteiger partial charge in [-0.15, -0.1) is 11.8 Å². The highest BCUT2D eigenvalue weighted by molar-refractivity contribution is 7.98. The van der Waals surface area contributed by atoms with Crippen LogP contribution in [0.1, 0.15) is 36.8 Å². The third kappa shape index (κ3) is 5.20. The fourth-order valence-corrected chi connectivity index (χ4v) is 5.48. The Bertz CT molecular complexity index is 969. The Morgan fingerprint density at radius 2 is 1.73 bits per heavy atom. The van der Waals surface area contributed by atoms with Crippen LogP contribution in [0.15, 0.2) is 64.5 Å². The van der Waals surface area contributed by atoms with Crippen LogP contribution in [0.25, 0.3) is 0 Å². The Morgan fingerprint density at radius 3 is 2.39 bits per heavy atom. The van der Waals surface area contributed by atoms with Gasteiger partial charge in [-0.25, -0.2) is 4.99 Å². The van der Waals surface area contributed by atoms with E-state index in [1.165, 1.54) is 4.90 Å². The molecule has 1 saturated heterocycles. The Morgan fingerprint density at radius 1 is 1.06 bits per heavy atom. The summed E-state index contributed by atoms with van der Waals surface area (Å²) in [4.78, 5) is 23.3. The summed E-state index contributed by atoms with van der Waals surface area (Å²) in [5.41, 5.74) is 6.66. The van der Waals surface area contributed by atoms with E-state index in [0.717, 1.165) is 31.2 Å². The van der Waals surface area contributed by atoms with Gasteiger partial charge in [0.05, 0.1) is 6.54 Å². The molecule has 2 aromatic carbocycles. The monoisotopic (exact) mass is 466 g/mol. The maximum Gasteiger partial charge on any atom is 0.259 e. The van der Waals surface area contributed by atoms with Crippen molar-refractivity contribution in [2.24, 2.45) is 16.6 Å². The maximum absolute atomic E-state index is 13.6. The number of amides is 1. The fourth-order valence-electron chi connectivity index (χ4n) is 4.99. The first-order valence-corrected chi connectivity index (χ1v) is 13.0. The van der Waals surface area contributed by atoms with Gasteiger partial charge in [0.15, 0.2) is 11.6 Å². The molecular weight excluding hydrogens is 432 g/mol. The molecule has 2 fully saturated rings. The Labute approximate surface area is 200 Å². The predicted octanol–water partition coefficient (Wildman–Crippen LogP) is 3.45. The van der Waals surface area contributed by atoms with E-state index in [1.807, 2.05) is 41.3 Å². The highest BCUT2D eigenvalue weighted by atomic mass is 32.2. The molecule has 7 heteroatoms. The molecule has 1 unspecified atom stereocenters. The molecule has 1 heterocycles. The van der Waals surface area contributed by atoms with Crippen molar-refractivity contribution >= 4 is 23.6 Å². The van der Waals surface area contributed by atoms with Crippen LogP contribution in [0.4, 0.5) is 0 Å². The Hall–Kier alpha value is -2.51. The minimum atomic E-state index is -1.46. The summed E-state index contributed by atoms with van der Waals surface area (Å²) in [5, 5.41) is 11.8. The highest BCUT2D eigenvalue weighted by Gasteiger charge is 2.48. The van der Waals surface area contributed by atoms with Crippen molar-refractivity contribution in [1.29, 1.82) is 0 Å². The van der Waals surface area contributed by atoms with Gasteiger partial charge in [0.2, 0.25) is 0 Å². The van der Waals surface area contributed by atoms with E-state index in [2.05, 4.69) is 29.4 Å². The number of nitrogens with two attached hydrogens (primary N) is 1. The number of carbonyl (C=O) groups is 1. The van der Waals surface area contributed by atoms with Gasteiger partial charge >= 0.3 is 0 Å². The number of hydrogen-bond acceptors (Lipinski definition) is 4. The first-order valence-electron chi connectivity index (χ1n) is 11.8. The predicted molar refractivity (Wildman–Crippen MR) is 134 cm³/mol. The number of guanidine groups is 1. The van der Waals surface area contributed by atoms with Crippen LogP contribution in [-0.2, 0) is 16.9 Å². The molecule has 176 valence electrons. The van der Waals surface area contributed by atoms with Gasteiger partial charge in [-0.2, -0.15) is 0 Å². The summed E-state index contributed by atoms with van der Waals surface area (Å²) in [5.74, 6) is 0.296. The number of aliphatic hydroxyl groups is 1. The quantitative estimate of drug-likeness (QED) is 0.387. The molecule has 1 amide bonds. The maximum atomic E-state index is 13.6. The van der Waals surface area contributed by atoms with Crippen LogP contribution >= 0.6 is 11.8 Å². The molecule has 33 heavy (non-hydrogen) atoms. The van der Waals surface area contributed by atoms with E-state index in [0.29, 0.717) is 44.2 Å². The fraction of sp³-hybridized carbons (Fsp3) is 0.462. The average Bonchev–Trinajstić information content (AvgIpc) is 3.43. The third-order valence-corrected chi connectivity index (χ3v) is 7.66. The highest BCUT2D eigenvalue weighted by Crippen LogP contribution is 2.42. The second-order valence-electron chi connectivity index (χ2n) is 8.92. The van der Waals surface area contributed by atoms with Crippen molar-refractivity contribution in [2.75, 3.05) is 32.4 Å². The van der Waals surface area contributed by atoms with Crippen molar-refractivity contribution in [3.63, 3.8) is 0 Å². The molecule has 4 rings (SSSR count). The summed E-state index contributed by atoms with van der Waals surface area (Å²) < 4.78 is 0. The van der Waals surface area contributed by atoms with Gasteiger partial charge in [-0.1, -0.05) is 55.3 Å². The van der Waals surface area contributed by atoms with Gasteiger partial charge in [0.25, 0.3) is 5.91 Å². The minimum absolute atomic E-state index is 0.0332. The molecule has 2 aliphatic rings. The Kier molecular flexibility index (Phi) is 7.60. The number of thioether (sulfide) groups is 1. The van der Waals surface area contributed by atoms with E-state index < -0.39 is 5.60 Å². The number of rotatable bonds is 6. The molecule has 0 aromatic heterocycles. The normalized spacial score (nSPS) is 19.5. The van der Waals surface area contributed by atoms with Gasteiger partial charge in [0.1, 0.15) is 0 Å². The van der Waals surface area contributed by atoms with E-state index in [1.54, 1.807) is 16.7 Å². The third-order valence-electron chi connectivity index (χ3n) is 6.93. The first kappa shape index (κ1) is 23.6. The van der Waals surface area contributed by atoms with Crippen LogP contribution < -0.4 is 5.73 Å². The van der Waals surface area contributed by atoms with Crippen LogP contribution in [-0.4, -0.2) is 59.2 Å². The second-order valence-corrected chi connectivity index (χ2v) is 9.80. The summed E-state index contributed by atoms with van der Waals surface area (Å²) >= 11 is 1.71. The number of nitrogens with zero attached hydrogens (tertiary/aromatic N) is 3. The number of carbonyl (C=O) groups excluding carboxylic acids is 1. The smallest absolute Gasteiger partial charge is 0.259 e. The lowest BCUT2D eigenvalue weighted by Crippen LogP contribution is -2.58. The van der Waals surface area contributed by atoms with Gasteiger partial charge in [0, 0.05) is 37.0 Å². The second kappa shape index (κ2) is 10.6. The van der Waals surface area contributed by atoms with E-state index >= 15 is 0 Å². The van der Waals surface area contributed by atoms with E-state index in [-0.39, 0.29) is 11.8 Å². The molecule has 3 N–H and O–H groups in total. The molecule has 6 nitrogen and oxygen atoms in total. The van der Waals surface area contributed by atoms with Gasteiger partial charge < -0.3 is 20.6 Å². The Balaban J connectivity index is 1.41. The molecular formula is C26H34N4O2S. The lowest BCUT2D eigenvalue weighted by atomic mass is 9.79. The summed E-state index contributed by atoms with van der Waals surface area (Å²) in [6.45, 7) is 2.81. The minimum Gasteiger partial charge on any atom is -0.375 e. The summed E-state index contributed by atoms with van der Waals surface area (Å²) in [6.07, 6.45) is 5.95. The molecule has 0 radical (unpaired) electrons. The molecule has 1 aliphatic carbocycles. The number of benzene rings is 2. The molecule has 1 atom stereocenters. The van der Waals surface area contributed by atoms with Crippen LogP contribution in [0.2, 0.25) is 0 Å². The van der Waals surface area contributed by atoms with Crippen molar-refractivity contribution in [3.8, 4) is 0 Å². The number of aliphatic imine (C=N–C) groups is 1. The lowest BCUT2D eigenvalue weighted by molar-refractivity contribution is -0.160. The van der Waals surface area contributed by atoms with Crippen LogP contribution in [0, 0.1) is 5.92 Å². The average molecular weight is 467 g/mol. The van der Waals surface area contributed by atoms with Crippen LogP contribution in [0.3, 0.4) is 0 Å². The van der Waals surface area contributed by atoms with Gasteiger partial charge in [-0.05, 0) is 42.4 Å². The number of piperazine rings is 1. The van der Waals surface area contributed by atoms with Crippen molar-refractivity contribution in [3.05, 3.63) is 65.7 Å². The largest absolute Gasteiger partial charge is 0.375 e. The standard InChI is InChI=1S/C26H34N4O2S/c1-33-23-13-7-8-20(18-23)19-28-25(27)30-16-14-29(15-17-30)24(31)26(32,22-11-5-6-12-22)21-9-3-2-4-10-21/h2-4,7-10,13,18,22,32H,5-6,11-12,14-17,19H2,1H3,(H2,27,28). The molecule has 0 spiro atoms. The van der Waals surface area contributed by atoms with Crippen molar-refractivity contribution < 1.29 is 9.90 Å². The zero-order valence-electron chi connectivity index (χ0n) is 19.3. The van der Waals surface area contributed by atoms with Gasteiger partial charge in [-0.3, -0.25) is 4.79 Å².